The summed E-state index contributed by atoms with van der Waals surface area (Å²) in [7, 11) is 0. The summed E-state index contributed by atoms with van der Waals surface area (Å²) in [4.78, 5) is 22.7. The van der Waals surface area contributed by atoms with Gasteiger partial charge in [-0.05, 0) is 37.8 Å². The molecular formula is C16H23N3O3. The van der Waals surface area contributed by atoms with Gasteiger partial charge in [0.05, 0.1) is 4.92 Å². The molecule has 0 aliphatic carbocycles. The highest BCUT2D eigenvalue weighted by Crippen LogP contribution is 2.29. The summed E-state index contributed by atoms with van der Waals surface area (Å²) in [5, 5.41) is 17.3. The summed E-state index contributed by atoms with van der Waals surface area (Å²) < 4.78 is 0. The second-order valence-electron chi connectivity index (χ2n) is 6.57. The zero-order valence-corrected chi connectivity index (χ0v) is 13.3. The number of piperidine rings is 1. The maximum atomic E-state index is 12.2. The lowest BCUT2D eigenvalue weighted by atomic mass is 9.77. The number of rotatable bonds is 4. The van der Waals surface area contributed by atoms with Gasteiger partial charge in [0.2, 0.25) is 0 Å². The van der Waals surface area contributed by atoms with Gasteiger partial charge in [-0.2, -0.15) is 0 Å². The van der Waals surface area contributed by atoms with Crippen LogP contribution in [0, 0.1) is 22.5 Å². The van der Waals surface area contributed by atoms with Crippen LogP contribution in [0.1, 0.15) is 42.6 Å². The number of hydrogen-bond donors (Lipinski definition) is 2. The molecule has 1 aliphatic rings. The van der Waals surface area contributed by atoms with Crippen LogP contribution in [0.2, 0.25) is 0 Å². The summed E-state index contributed by atoms with van der Waals surface area (Å²) in [6, 6.07) is 4.78. The van der Waals surface area contributed by atoms with Gasteiger partial charge >= 0.3 is 0 Å². The van der Waals surface area contributed by atoms with Gasteiger partial charge in [-0.15, -0.1) is 0 Å². The van der Waals surface area contributed by atoms with E-state index in [0.717, 1.165) is 19.4 Å². The molecule has 0 aromatic heterocycles. The Kier molecular flexibility index (Phi) is 4.81. The average Bonchev–Trinajstić information content (AvgIpc) is 2.45. The van der Waals surface area contributed by atoms with Crippen molar-refractivity contribution in [2.75, 3.05) is 13.1 Å². The average molecular weight is 305 g/mol. The van der Waals surface area contributed by atoms with Gasteiger partial charge in [0.1, 0.15) is 0 Å². The zero-order chi connectivity index (χ0) is 16.3. The van der Waals surface area contributed by atoms with E-state index in [4.69, 9.17) is 0 Å². The molecule has 1 fully saturated rings. The fraction of sp³-hybridized carbons (Fsp3) is 0.562. The van der Waals surface area contributed by atoms with Crippen molar-refractivity contribution in [3.05, 3.63) is 39.4 Å². The number of hydrogen-bond acceptors (Lipinski definition) is 4. The Hall–Kier alpha value is -1.95. The molecule has 6 heteroatoms. The molecule has 1 aliphatic heterocycles. The summed E-state index contributed by atoms with van der Waals surface area (Å²) in [6.45, 7) is 7.52. The van der Waals surface area contributed by atoms with Gasteiger partial charge in [0.25, 0.3) is 11.6 Å². The van der Waals surface area contributed by atoms with Gasteiger partial charge in [0.15, 0.2) is 0 Å². The van der Waals surface area contributed by atoms with E-state index in [1.165, 1.54) is 6.07 Å². The van der Waals surface area contributed by atoms with Crippen LogP contribution in [0.4, 0.5) is 5.69 Å². The molecule has 6 nitrogen and oxygen atoms in total. The van der Waals surface area contributed by atoms with E-state index in [9.17, 15) is 14.9 Å². The smallest absolute Gasteiger partial charge is 0.273 e. The fourth-order valence-electron chi connectivity index (χ4n) is 2.86. The van der Waals surface area contributed by atoms with Gasteiger partial charge in [-0.1, -0.05) is 19.9 Å². The third kappa shape index (κ3) is 3.62. The molecule has 1 aromatic rings. The first-order valence-corrected chi connectivity index (χ1v) is 7.58. The van der Waals surface area contributed by atoms with Crippen LogP contribution >= 0.6 is 0 Å². The van der Waals surface area contributed by atoms with Crippen molar-refractivity contribution >= 4 is 11.6 Å². The minimum Gasteiger partial charge on any atom is -0.350 e. The lowest BCUT2D eigenvalue weighted by Crippen LogP contribution is -2.52. The molecule has 1 aromatic carbocycles. The Morgan fingerprint density at radius 3 is 2.86 bits per heavy atom. The standard InChI is InChI=1S/C16H23N3O3/c1-11-5-6-12(9-13(11)19(21)22)15(20)18-10-14-16(2,3)7-4-8-17-14/h5-6,9,14,17H,4,7-8,10H2,1-3H3,(H,18,20). The molecule has 1 amide bonds. The van der Waals surface area contributed by atoms with Crippen LogP contribution in [-0.2, 0) is 0 Å². The predicted molar refractivity (Wildman–Crippen MR) is 85.0 cm³/mol. The molecule has 1 saturated heterocycles. The van der Waals surface area contributed by atoms with Crippen LogP contribution in [-0.4, -0.2) is 30.0 Å². The van der Waals surface area contributed by atoms with Crippen LogP contribution in [0.5, 0.6) is 0 Å². The van der Waals surface area contributed by atoms with Gasteiger partial charge < -0.3 is 10.6 Å². The topological polar surface area (TPSA) is 84.3 Å². The highest BCUT2D eigenvalue weighted by molar-refractivity contribution is 5.95. The van der Waals surface area contributed by atoms with Crippen molar-refractivity contribution in [1.82, 2.24) is 10.6 Å². The van der Waals surface area contributed by atoms with Crippen molar-refractivity contribution in [2.24, 2.45) is 5.41 Å². The number of amides is 1. The quantitative estimate of drug-likeness (QED) is 0.661. The molecule has 22 heavy (non-hydrogen) atoms. The second-order valence-corrected chi connectivity index (χ2v) is 6.57. The van der Waals surface area contributed by atoms with E-state index in [2.05, 4.69) is 24.5 Å². The first-order chi connectivity index (χ1) is 10.3. The lowest BCUT2D eigenvalue weighted by Gasteiger charge is -2.39. The molecule has 2 N–H and O–H groups in total. The molecule has 1 heterocycles. The lowest BCUT2D eigenvalue weighted by molar-refractivity contribution is -0.385. The zero-order valence-electron chi connectivity index (χ0n) is 13.3. The van der Waals surface area contributed by atoms with Crippen molar-refractivity contribution < 1.29 is 9.72 Å². The van der Waals surface area contributed by atoms with E-state index < -0.39 is 4.92 Å². The highest BCUT2D eigenvalue weighted by Gasteiger charge is 2.32. The Balaban J connectivity index is 2.03. The van der Waals surface area contributed by atoms with Crippen LogP contribution in [0.15, 0.2) is 18.2 Å². The molecule has 0 radical (unpaired) electrons. The van der Waals surface area contributed by atoms with Crippen LogP contribution in [0.25, 0.3) is 0 Å². The van der Waals surface area contributed by atoms with Gasteiger partial charge in [0, 0.05) is 29.8 Å². The summed E-state index contributed by atoms with van der Waals surface area (Å²) in [5.41, 5.74) is 0.983. The minimum atomic E-state index is -0.460. The normalized spacial score (nSPS) is 20.4. The Labute approximate surface area is 130 Å². The highest BCUT2D eigenvalue weighted by atomic mass is 16.6. The van der Waals surface area contributed by atoms with E-state index in [1.54, 1.807) is 19.1 Å². The summed E-state index contributed by atoms with van der Waals surface area (Å²) >= 11 is 0. The molecule has 120 valence electrons. The molecular weight excluding hydrogens is 282 g/mol. The molecule has 0 bridgehead atoms. The maximum Gasteiger partial charge on any atom is 0.273 e. The van der Waals surface area contributed by atoms with Crippen LogP contribution in [0.3, 0.4) is 0 Å². The number of nitro benzene ring substituents is 1. The van der Waals surface area contributed by atoms with E-state index in [-0.39, 0.29) is 23.1 Å². The van der Waals surface area contributed by atoms with Gasteiger partial charge in [-0.25, -0.2) is 0 Å². The van der Waals surface area contributed by atoms with Crippen molar-refractivity contribution in [3.8, 4) is 0 Å². The first-order valence-electron chi connectivity index (χ1n) is 7.58. The SMILES string of the molecule is Cc1ccc(C(=O)NCC2NCCCC2(C)C)cc1[N+](=O)[O-]. The van der Waals surface area contributed by atoms with E-state index in [1.807, 2.05) is 0 Å². The third-order valence-electron chi connectivity index (χ3n) is 4.47. The van der Waals surface area contributed by atoms with E-state index in [0.29, 0.717) is 17.7 Å². The van der Waals surface area contributed by atoms with Crippen molar-refractivity contribution in [3.63, 3.8) is 0 Å². The summed E-state index contributed by atoms with van der Waals surface area (Å²) in [6.07, 6.45) is 2.26. The predicted octanol–water partition coefficient (Wildman–Crippen LogP) is 2.41. The molecule has 1 atom stereocenters. The molecule has 2 rings (SSSR count). The summed E-state index contributed by atoms with van der Waals surface area (Å²) in [5.74, 6) is -0.272. The van der Waals surface area contributed by atoms with E-state index >= 15 is 0 Å². The monoisotopic (exact) mass is 305 g/mol. The van der Waals surface area contributed by atoms with Gasteiger partial charge in [-0.3, -0.25) is 14.9 Å². The Morgan fingerprint density at radius 1 is 1.50 bits per heavy atom. The number of nitro groups is 1. The second kappa shape index (κ2) is 6.44. The van der Waals surface area contributed by atoms with Crippen molar-refractivity contribution in [2.45, 2.75) is 39.7 Å². The maximum absolute atomic E-state index is 12.2. The molecule has 0 saturated carbocycles. The fourth-order valence-corrected chi connectivity index (χ4v) is 2.86. The molecule has 1 unspecified atom stereocenters. The Morgan fingerprint density at radius 2 is 2.23 bits per heavy atom. The largest absolute Gasteiger partial charge is 0.350 e. The van der Waals surface area contributed by atoms with Crippen molar-refractivity contribution in [1.29, 1.82) is 0 Å². The number of benzene rings is 1. The third-order valence-corrected chi connectivity index (χ3v) is 4.47. The van der Waals surface area contributed by atoms with Crippen LogP contribution < -0.4 is 10.6 Å². The number of nitrogens with zero attached hydrogens (tertiary/aromatic N) is 1. The first kappa shape index (κ1) is 16.4. The molecule has 0 spiro atoms. The number of nitrogens with one attached hydrogen (secondary N) is 2. The minimum absolute atomic E-state index is 0.0243. The number of carbonyl (C=O) groups excluding carboxylic acids is 1. The number of carbonyl (C=O) groups is 1. The number of aryl methyl sites for hydroxylation is 1. The Bertz CT molecular complexity index is 584.